The van der Waals surface area contributed by atoms with Crippen molar-refractivity contribution in [1.82, 2.24) is 14.9 Å². The molecular formula is C15H23N3O. The fourth-order valence-electron chi connectivity index (χ4n) is 2.07. The van der Waals surface area contributed by atoms with Gasteiger partial charge < -0.3 is 15.0 Å². The molecule has 2 N–H and O–H groups in total. The molecule has 2 rings (SSSR count). The SMILES string of the molecule is Cc1nc2cc(C(O)CNC(C)(C)C)ccc2n1C. The van der Waals surface area contributed by atoms with E-state index in [1.807, 2.05) is 32.2 Å². The lowest BCUT2D eigenvalue weighted by atomic mass is 10.1. The number of hydrogen-bond donors (Lipinski definition) is 2. The third-order valence-electron chi connectivity index (χ3n) is 3.34. The van der Waals surface area contributed by atoms with Crippen molar-refractivity contribution in [2.45, 2.75) is 39.3 Å². The molecule has 4 nitrogen and oxygen atoms in total. The molecule has 0 radical (unpaired) electrons. The average molecular weight is 261 g/mol. The summed E-state index contributed by atoms with van der Waals surface area (Å²) in [4.78, 5) is 4.50. The van der Waals surface area contributed by atoms with Crippen LogP contribution in [-0.2, 0) is 7.05 Å². The monoisotopic (exact) mass is 261 g/mol. The third-order valence-corrected chi connectivity index (χ3v) is 3.34. The van der Waals surface area contributed by atoms with E-state index >= 15 is 0 Å². The molecule has 1 aromatic heterocycles. The predicted octanol–water partition coefficient (Wildman–Crippen LogP) is 2.30. The molecular weight excluding hydrogens is 238 g/mol. The number of aryl methyl sites for hydroxylation is 2. The highest BCUT2D eigenvalue weighted by molar-refractivity contribution is 5.76. The number of aliphatic hydroxyl groups excluding tert-OH is 1. The standard InChI is InChI=1S/C15H23N3O/c1-10-17-12-8-11(6-7-13(12)18(10)5)14(19)9-16-15(2,3)4/h6-8,14,16,19H,9H2,1-5H3. The molecule has 0 saturated carbocycles. The molecule has 4 heteroatoms. The van der Waals surface area contributed by atoms with Crippen LogP contribution in [0.4, 0.5) is 0 Å². The van der Waals surface area contributed by atoms with Crippen molar-refractivity contribution in [2.75, 3.05) is 6.54 Å². The van der Waals surface area contributed by atoms with Crippen molar-refractivity contribution in [3.05, 3.63) is 29.6 Å². The molecule has 0 aliphatic rings. The zero-order valence-corrected chi connectivity index (χ0v) is 12.4. The first kappa shape index (κ1) is 14.0. The Bertz CT molecular complexity index is 581. The van der Waals surface area contributed by atoms with Crippen molar-refractivity contribution in [3.8, 4) is 0 Å². The number of imidazole rings is 1. The molecule has 0 aliphatic carbocycles. The first-order valence-corrected chi connectivity index (χ1v) is 6.64. The number of nitrogens with one attached hydrogen (secondary N) is 1. The Morgan fingerprint density at radius 2 is 2.05 bits per heavy atom. The molecule has 0 spiro atoms. The van der Waals surface area contributed by atoms with Crippen molar-refractivity contribution in [2.24, 2.45) is 7.05 Å². The van der Waals surface area contributed by atoms with Gasteiger partial charge in [-0.15, -0.1) is 0 Å². The van der Waals surface area contributed by atoms with Crippen LogP contribution in [0.15, 0.2) is 18.2 Å². The summed E-state index contributed by atoms with van der Waals surface area (Å²) < 4.78 is 2.05. The summed E-state index contributed by atoms with van der Waals surface area (Å²) in [6.45, 7) is 8.79. The molecule has 2 aromatic rings. The highest BCUT2D eigenvalue weighted by Crippen LogP contribution is 2.20. The highest BCUT2D eigenvalue weighted by atomic mass is 16.3. The Labute approximate surface area is 114 Å². The number of fused-ring (bicyclic) bond motifs is 1. The molecule has 0 fully saturated rings. The van der Waals surface area contributed by atoms with E-state index in [9.17, 15) is 5.11 Å². The molecule has 0 amide bonds. The molecule has 0 bridgehead atoms. The van der Waals surface area contributed by atoms with Gasteiger partial charge in [-0.2, -0.15) is 0 Å². The molecule has 1 unspecified atom stereocenters. The van der Waals surface area contributed by atoms with Gasteiger partial charge >= 0.3 is 0 Å². The minimum atomic E-state index is -0.508. The predicted molar refractivity (Wildman–Crippen MR) is 78.2 cm³/mol. The van der Waals surface area contributed by atoms with Crippen LogP contribution in [0, 0.1) is 6.92 Å². The van der Waals surface area contributed by atoms with Gasteiger partial charge in [0.25, 0.3) is 0 Å². The van der Waals surface area contributed by atoms with E-state index in [1.165, 1.54) is 0 Å². The van der Waals surface area contributed by atoms with Crippen LogP contribution in [0.5, 0.6) is 0 Å². The Morgan fingerprint density at radius 1 is 1.37 bits per heavy atom. The summed E-state index contributed by atoms with van der Waals surface area (Å²) in [7, 11) is 2.00. The topological polar surface area (TPSA) is 50.1 Å². The van der Waals surface area contributed by atoms with E-state index in [-0.39, 0.29) is 5.54 Å². The Morgan fingerprint density at radius 3 is 2.68 bits per heavy atom. The van der Waals surface area contributed by atoms with Crippen LogP contribution in [-0.4, -0.2) is 26.7 Å². The van der Waals surface area contributed by atoms with Gasteiger partial charge in [0, 0.05) is 19.1 Å². The van der Waals surface area contributed by atoms with E-state index in [1.54, 1.807) is 0 Å². The van der Waals surface area contributed by atoms with Crippen LogP contribution >= 0.6 is 0 Å². The number of aliphatic hydroxyl groups is 1. The van der Waals surface area contributed by atoms with Gasteiger partial charge in [-0.1, -0.05) is 6.07 Å². The molecule has 1 atom stereocenters. The summed E-state index contributed by atoms with van der Waals surface area (Å²) >= 11 is 0. The van der Waals surface area contributed by atoms with Crippen LogP contribution in [0.1, 0.15) is 38.3 Å². The van der Waals surface area contributed by atoms with E-state index < -0.39 is 6.10 Å². The van der Waals surface area contributed by atoms with Crippen LogP contribution in [0.25, 0.3) is 11.0 Å². The molecule has 0 aliphatic heterocycles. The van der Waals surface area contributed by atoms with Crippen molar-refractivity contribution in [3.63, 3.8) is 0 Å². The smallest absolute Gasteiger partial charge is 0.106 e. The van der Waals surface area contributed by atoms with Crippen LogP contribution in [0.3, 0.4) is 0 Å². The van der Waals surface area contributed by atoms with Crippen molar-refractivity contribution in [1.29, 1.82) is 0 Å². The van der Waals surface area contributed by atoms with Gasteiger partial charge in [0.15, 0.2) is 0 Å². The lowest BCUT2D eigenvalue weighted by Gasteiger charge is -2.23. The van der Waals surface area contributed by atoms with Gasteiger partial charge in [-0.25, -0.2) is 4.98 Å². The average Bonchev–Trinajstić information content (AvgIpc) is 2.61. The van der Waals surface area contributed by atoms with E-state index in [0.29, 0.717) is 6.54 Å². The summed E-state index contributed by atoms with van der Waals surface area (Å²) in [5, 5.41) is 13.5. The maximum Gasteiger partial charge on any atom is 0.106 e. The lowest BCUT2D eigenvalue weighted by Crippen LogP contribution is -2.38. The van der Waals surface area contributed by atoms with E-state index in [0.717, 1.165) is 22.4 Å². The first-order valence-electron chi connectivity index (χ1n) is 6.64. The zero-order valence-electron chi connectivity index (χ0n) is 12.4. The quantitative estimate of drug-likeness (QED) is 0.891. The summed E-state index contributed by atoms with van der Waals surface area (Å²) in [5.41, 5.74) is 2.94. The van der Waals surface area contributed by atoms with Gasteiger partial charge in [0.2, 0.25) is 0 Å². The zero-order chi connectivity index (χ0) is 14.2. The van der Waals surface area contributed by atoms with Gasteiger partial charge in [0.1, 0.15) is 5.82 Å². The van der Waals surface area contributed by atoms with Crippen LogP contribution < -0.4 is 5.32 Å². The van der Waals surface area contributed by atoms with Crippen molar-refractivity contribution >= 4 is 11.0 Å². The fraction of sp³-hybridized carbons (Fsp3) is 0.533. The second-order valence-corrected chi connectivity index (χ2v) is 6.11. The minimum absolute atomic E-state index is 0.00661. The maximum absolute atomic E-state index is 10.2. The molecule has 104 valence electrons. The summed E-state index contributed by atoms with van der Waals surface area (Å²) in [6, 6.07) is 5.96. The molecule has 0 saturated heterocycles. The normalized spacial score (nSPS) is 14.0. The van der Waals surface area contributed by atoms with E-state index in [4.69, 9.17) is 0 Å². The van der Waals surface area contributed by atoms with Gasteiger partial charge in [-0.05, 0) is 45.4 Å². The van der Waals surface area contributed by atoms with Gasteiger partial charge in [-0.3, -0.25) is 0 Å². The highest BCUT2D eigenvalue weighted by Gasteiger charge is 2.14. The van der Waals surface area contributed by atoms with Crippen LogP contribution in [0.2, 0.25) is 0 Å². The number of aromatic nitrogens is 2. The number of β-amino-alcohol motifs (C(OH)–C–C–N with tert-alkyl or cyclic N) is 1. The third kappa shape index (κ3) is 3.14. The number of benzene rings is 1. The van der Waals surface area contributed by atoms with Gasteiger partial charge in [0.05, 0.1) is 17.1 Å². The summed E-state index contributed by atoms with van der Waals surface area (Å²) in [6.07, 6.45) is -0.508. The van der Waals surface area contributed by atoms with E-state index in [2.05, 4.69) is 35.6 Å². The second-order valence-electron chi connectivity index (χ2n) is 6.11. The minimum Gasteiger partial charge on any atom is -0.387 e. The molecule has 19 heavy (non-hydrogen) atoms. The fourth-order valence-corrected chi connectivity index (χ4v) is 2.07. The number of hydrogen-bond acceptors (Lipinski definition) is 3. The molecule has 1 heterocycles. The Kier molecular flexibility index (Phi) is 3.65. The molecule has 1 aromatic carbocycles. The number of rotatable bonds is 3. The van der Waals surface area contributed by atoms with Crippen molar-refractivity contribution < 1.29 is 5.11 Å². The Hall–Kier alpha value is -1.39. The largest absolute Gasteiger partial charge is 0.387 e. The number of nitrogens with zero attached hydrogens (tertiary/aromatic N) is 2. The Balaban J connectivity index is 2.21. The maximum atomic E-state index is 10.2. The second kappa shape index (κ2) is 4.94. The summed E-state index contributed by atoms with van der Waals surface area (Å²) in [5.74, 6) is 0.981. The lowest BCUT2D eigenvalue weighted by molar-refractivity contribution is 0.163. The first-order chi connectivity index (χ1) is 8.78.